The summed E-state index contributed by atoms with van der Waals surface area (Å²) in [5.41, 5.74) is 8.08. The molecule has 1 aliphatic heterocycles. The average molecular weight is 541 g/mol. The number of rotatable bonds is 3. The van der Waals surface area contributed by atoms with Gasteiger partial charge in [0.05, 0.1) is 23.0 Å². The van der Waals surface area contributed by atoms with Crippen molar-refractivity contribution in [2.24, 2.45) is 0 Å². The van der Waals surface area contributed by atoms with Gasteiger partial charge >= 0.3 is 6.09 Å². The maximum absolute atomic E-state index is 14.2. The Balaban J connectivity index is 1.37. The Bertz CT molecular complexity index is 1530. The number of amides is 1. The number of aromatic nitrogens is 4. The van der Waals surface area contributed by atoms with Gasteiger partial charge in [0.2, 0.25) is 0 Å². The van der Waals surface area contributed by atoms with Crippen molar-refractivity contribution in [1.82, 2.24) is 24.6 Å². The third kappa shape index (κ3) is 5.13. The summed E-state index contributed by atoms with van der Waals surface area (Å²) in [6.45, 7) is 6.72. The number of carbonyl (C=O) groups excluding carboxylic acids is 1. The lowest BCUT2D eigenvalue weighted by molar-refractivity contribution is 0.0185. The van der Waals surface area contributed by atoms with Crippen LogP contribution >= 0.6 is 11.6 Å². The number of piperidine rings is 1. The summed E-state index contributed by atoms with van der Waals surface area (Å²) in [6.07, 6.45) is 7.82. The van der Waals surface area contributed by atoms with Gasteiger partial charge < -0.3 is 15.4 Å². The summed E-state index contributed by atoms with van der Waals surface area (Å²) in [7, 11) is 0. The molecule has 0 atom stereocenters. The van der Waals surface area contributed by atoms with Gasteiger partial charge in [-0.25, -0.2) is 18.6 Å². The van der Waals surface area contributed by atoms with E-state index in [0.29, 0.717) is 24.3 Å². The highest BCUT2D eigenvalue weighted by atomic mass is 35.5. The van der Waals surface area contributed by atoms with Crippen molar-refractivity contribution in [2.45, 2.75) is 45.3 Å². The molecule has 0 spiro atoms. The zero-order valence-electron chi connectivity index (χ0n) is 21.2. The van der Waals surface area contributed by atoms with Crippen molar-refractivity contribution >= 4 is 34.3 Å². The molecular formula is C27H27ClF2N6O2. The summed E-state index contributed by atoms with van der Waals surface area (Å²) < 4.78 is 35.6. The molecule has 0 unspecified atom stereocenters. The van der Waals surface area contributed by atoms with Gasteiger partial charge in [-0.15, -0.1) is 0 Å². The van der Waals surface area contributed by atoms with Crippen LogP contribution in [0.4, 0.5) is 19.4 Å². The van der Waals surface area contributed by atoms with E-state index in [1.165, 1.54) is 12.3 Å². The van der Waals surface area contributed by atoms with Crippen LogP contribution in [0.1, 0.15) is 39.7 Å². The normalized spacial score (nSPS) is 14.7. The van der Waals surface area contributed by atoms with Gasteiger partial charge in [-0.3, -0.25) is 9.67 Å². The Morgan fingerprint density at radius 1 is 1.03 bits per heavy atom. The number of hydrogen-bond acceptors (Lipinski definition) is 6. The van der Waals surface area contributed by atoms with Crippen molar-refractivity contribution in [2.75, 3.05) is 18.8 Å². The molecule has 38 heavy (non-hydrogen) atoms. The molecule has 0 bridgehead atoms. The van der Waals surface area contributed by atoms with E-state index in [2.05, 4.69) is 15.1 Å². The fraction of sp³-hybridized carbons (Fsp3) is 0.333. The maximum Gasteiger partial charge on any atom is 0.410 e. The van der Waals surface area contributed by atoms with Crippen LogP contribution in [0.5, 0.6) is 0 Å². The van der Waals surface area contributed by atoms with Gasteiger partial charge in [-0.1, -0.05) is 11.6 Å². The molecular weight excluding hydrogens is 514 g/mol. The Kier molecular flexibility index (Phi) is 6.68. The van der Waals surface area contributed by atoms with Crippen LogP contribution in [0.3, 0.4) is 0 Å². The van der Waals surface area contributed by atoms with Gasteiger partial charge in [0.1, 0.15) is 23.1 Å². The molecule has 0 radical (unpaired) electrons. The largest absolute Gasteiger partial charge is 0.444 e. The highest BCUT2D eigenvalue weighted by Crippen LogP contribution is 2.34. The number of nitrogens with zero attached hydrogens (tertiary/aromatic N) is 5. The van der Waals surface area contributed by atoms with Crippen molar-refractivity contribution < 1.29 is 18.3 Å². The fourth-order valence-corrected chi connectivity index (χ4v) is 4.73. The summed E-state index contributed by atoms with van der Waals surface area (Å²) in [6, 6.07) is 4.19. The summed E-state index contributed by atoms with van der Waals surface area (Å²) in [5.74, 6) is -1.38. The zero-order valence-corrected chi connectivity index (χ0v) is 22.0. The Hall–Kier alpha value is -3.79. The Morgan fingerprint density at radius 2 is 1.76 bits per heavy atom. The standard InChI is InChI=1S/C27H27ClF2N6O2/c1-27(2,3)38-26(37)35-6-4-17(5-7-35)36-14-16(12-34-36)15-8-19(25(31)33-11-15)23-9-18-20(13-32-23)21(29)10-22(30)24(18)28/h8-14,17H,4-7H2,1-3H3,(H2,31,33). The summed E-state index contributed by atoms with van der Waals surface area (Å²) >= 11 is 6.10. The minimum absolute atomic E-state index is 0.113. The number of likely N-dealkylation sites (tertiary alicyclic amines) is 1. The second kappa shape index (κ2) is 9.83. The van der Waals surface area contributed by atoms with E-state index in [1.54, 1.807) is 17.3 Å². The quantitative estimate of drug-likeness (QED) is 0.308. The number of benzene rings is 1. The minimum atomic E-state index is -0.849. The number of halogens is 3. The molecule has 4 heterocycles. The zero-order chi connectivity index (χ0) is 27.2. The van der Waals surface area contributed by atoms with Crippen LogP contribution in [-0.2, 0) is 4.74 Å². The molecule has 1 aromatic carbocycles. The summed E-state index contributed by atoms with van der Waals surface area (Å²) in [4.78, 5) is 22.7. The second-order valence-electron chi connectivity index (χ2n) is 10.3. The van der Waals surface area contributed by atoms with Gasteiger partial charge in [-0.05, 0) is 45.7 Å². The van der Waals surface area contributed by atoms with Gasteiger partial charge in [0.25, 0.3) is 0 Å². The van der Waals surface area contributed by atoms with E-state index < -0.39 is 17.2 Å². The lowest BCUT2D eigenvalue weighted by atomic mass is 10.0. The first-order valence-electron chi connectivity index (χ1n) is 12.2. The number of ether oxygens (including phenoxy) is 1. The molecule has 0 aliphatic carbocycles. The number of nitrogen functional groups attached to an aromatic ring is 1. The number of carbonyl (C=O) groups is 1. The number of hydrogen-bond donors (Lipinski definition) is 1. The van der Waals surface area contributed by atoms with E-state index in [4.69, 9.17) is 22.1 Å². The third-order valence-corrected chi connectivity index (χ3v) is 6.86. The molecule has 2 N–H and O–H groups in total. The molecule has 0 saturated carbocycles. The molecule has 1 aliphatic rings. The molecule has 8 nitrogen and oxygen atoms in total. The molecule has 3 aromatic heterocycles. The predicted octanol–water partition coefficient (Wildman–Crippen LogP) is 6.25. The van der Waals surface area contributed by atoms with E-state index >= 15 is 0 Å². The van der Waals surface area contributed by atoms with Gasteiger partial charge in [-0.2, -0.15) is 5.10 Å². The molecule has 11 heteroatoms. The van der Waals surface area contributed by atoms with Gasteiger partial charge in [0, 0.05) is 65.2 Å². The highest BCUT2D eigenvalue weighted by Gasteiger charge is 2.28. The minimum Gasteiger partial charge on any atom is -0.444 e. The van der Waals surface area contributed by atoms with Crippen LogP contribution in [0.25, 0.3) is 33.2 Å². The predicted molar refractivity (Wildman–Crippen MR) is 142 cm³/mol. The number of pyridine rings is 2. The summed E-state index contributed by atoms with van der Waals surface area (Å²) in [5, 5.41) is 4.67. The highest BCUT2D eigenvalue weighted by molar-refractivity contribution is 6.35. The topological polar surface area (TPSA) is 99.2 Å². The van der Waals surface area contributed by atoms with E-state index in [9.17, 15) is 13.6 Å². The Labute approximate surface area is 223 Å². The first-order chi connectivity index (χ1) is 18.0. The second-order valence-corrected chi connectivity index (χ2v) is 10.7. The van der Waals surface area contributed by atoms with Crippen LogP contribution in [0.2, 0.25) is 5.02 Å². The molecule has 1 amide bonds. The molecule has 198 valence electrons. The monoisotopic (exact) mass is 540 g/mol. The third-order valence-electron chi connectivity index (χ3n) is 6.48. The molecule has 1 saturated heterocycles. The van der Waals surface area contributed by atoms with Crippen molar-refractivity contribution in [3.05, 3.63) is 59.6 Å². The van der Waals surface area contributed by atoms with Crippen LogP contribution in [0, 0.1) is 11.6 Å². The fourth-order valence-electron chi connectivity index (χ4n) is 4.52. The average Bonchev–Trinajstić information content (AvgIpc) is 3.37. The number of nitrogens with two attached hydrogens (primary N) is 1. The number of fused-ring (bicyclic) bond motifs is 1. The lowest BCUT2D eigenvalue weighted by Crippen LogP contribution is -2.42. The molecule has 1 fully saturated rings. The van der Waals surface area contributed by atoms with Crippen LogP contribution < -0.4 is 5.73 Å². The molecule has 4 aromatic rings. The first kappa shape index (κ1) is 25.8. The van der Waals surface area contributed by atoms with Crippen LogP contribution in [-0.4, -0.2) is 49.4 Å². The van der Waals surface area contributed by atoms with Crippen molar-refractivity contribution in [1.29, 1.82) is 0 Å². The van der Waals surface area contributed by atoms with Gasteiger partial charge in [0.15, 0.2) is 0 Å². The van der Waals surface area contributed by atoms with E-state index in [0.717, 1.165) is 30.0 Å². The number of anilines is 1. The van der Waals surface area contributed by atoms with Crippen molar-refractivity contribution in [3.8, 4) is 22.4 Å². The van der Waals surface area contributed by atoms with E-state index in [1.807, 2.05) is 37.7 Å². The SMILES string of the molecule is CC(C)(C)OC(=O)N1CCC(n2cc(-c3cnc(N)c(-c4cc5c(Cl)c(F)cc(F)c5cn4)c3)cn2)CC1. The molecule has 5 rings (SSSR count). The van der Waals surface area contributed by atoms with E-state index in [-0.39, 0.29) is 33.7 Å². The smallest absolute Gasteiger partial charge is 0.410 e. The van der Waals surface area contributed by atoms with Crippen LogP contribution in [0.15, 0.2) is 43.0 Å². The van der Waals surface area contributed by atoms with Crippen molar-refractivity contribution in [3.63, 3.8) is 0 Å². The first-order valence-corrected chi connectivity index (χ1v) is 12.6. The Morgan fingerprint density at radius 3 is 2.47 bits per heavy atom. The maximum atomic E-state index is 14.2. The lowest BCUT2D eigenvalue weighted by Gasteiger charge is -2.33.